The second-order valence-electron chi connectivity index (χ2n) is 7.39. The van der Waals surface area contributed by atoms with Crippen molar-refractivity contribution in [3.63, 3.8) is 0 Å². The molecule has 0 aliphatic carbocycles. The van der Waals surface area contributed by atoms with Crippen molar-refractivity contribution < 1.29 is 19.2 Å². The fourth-order valence-corrected chi connectivity index (χ4v) is 4.03. The van der Waals surface area contributed by atoms with Gasteiger partial charge in [-0.2, -0.15) is 0 Å². The van der Waals surface area contributed by atoms with Crippen LogP contribution in [0.5, 0.6) is 11.5 Å². The predicted octanol–water partition coefficient (Wildman–Crippen LogP) is 5.38. The fourth-order valence-electron chi connectivity index (χ4n) is 3.20. The third-order valence-corrected chi connectivity index (χ3v) is 5.93. The van der Waals surface area contributed by atoms with Gasteiger partial charge in [-0.1, -0.05) is 24.3 Å². The van der Waals surface area contributed by atoms with Crippen molar-refractivity contribution in [3.05, 3.63) is 98.4 Å². The lowest BCUT2D eigenvalue weighted by Crippen LogP contribution is -2.19. The Kier molecular flexibility index (Phi) is 6.93. The van der Waals surface area contributed by atoms with Gasteiger partial charge in [0.15, 0.2) is 16.7 Å². The number of aryl methyl sites for hydroxylation is 1. The molecule has 8 nitrogen and oxygen atoms in total. The van der Waals surface area contributed by atoms with Crippen LogP contribution < -0.4 is 14.8 Å². The number of nitro benzene ring substituents is 1. The Balaban J connectivity index is 1.47. The van der Waals surface area contributed by atoms with E-state index in [-0.39, 0.29) is 18.2 Å². The van der Waals surface area contributed by atoms with Gasteiger partial charge in [0.05, 0.1) is 22.6 Å². The van der Waals surface area contributed by atoms with Crippen LogP contribution in [-0.4, -0.2) is 23.1 Å². The van der Waals surface area contributed by atoms with Gasteiger partial charge in [0.2, 0.25) is 0 Å². The number of hydrogen-bond donors (Lipinski definition) is 1. The van der Waals surface area contributed by atoms with Crippen LogP contribution in [0.4, 0.5) is 11.4 Å². The molecular formula is C25H21N3O5S. The van der Waals surface area contributed by atoms with Gasteiger partial charge < -0.3 is 14.8 Å². The van der Waals surface area contributed by atoms with Crippen molar-refractivity contribution in [3.8, 4) is 11.5 Å². The van der Waals surface area contributed by atoms with Crippen LogP contribution in [0.1, 0.15) is 16.7 Å². The number of thioether (sulfide) groups is 1. The van der Waals surface area contributed by atoms with E-state index in [9.17, 15) is 14.9 Å². The molecule has 9 heteroatoms. The maximum absolute atomic E-state index is 12.4. The topological polar surface area (TPSA) is 103 Å². The summed E-state index contributed by atoms with van der Waals surface area (Å²) in [6.45, 7) is 2.20. The van der Waals surface area contributed by atoms with E-state index in [1.54, 1.807) is 30.3 Å². The molecule has 3 aromatic carbocycles. The molecule has 4 rings (SSSR count). The summed E-state index contributed by atoms with van der Waals surface area (Å²) >= 11 is 1.28. The normalized spacial score (nSPS) is 15.4. The molecule has 0 spiro atoms. The Morgan fingerprint density at radius 1 is 1.09 bits per heavy atom. The summed E-state index contributed by atoms with van der Waals surface area (Å²) in [7, 11) is 1.54. The number of hydrogen-bond acceptors (Lipinski definition) is 7. The smallest absolute Gasteiger partial charge is 0.269 e. The third kappa shape index (κ3) is 5.44. The minimum atomic E-state index is -0.443. The third-order valence-electron chi connectivity index (χ3n) is 5.02. The molecule has 34 heavy (non-hydrogen) atoms. The Morgan fingerprint density at radius 2 is 1.85 bits per heavy atom. The standard InChI is InChI=1S/C25H21N3O5S/c1-16-5-3-4-6-20(16)26-25-27-24(29)23(34-25)14-18-9-12-21(22(13-18)32-2)33-15-17-7-10-19(11-8-17)28(30)31/h3-14H,15H2,1-2H3,(H,26,27,29)/b23-14-. The van der Waals surface area contributed by atoms with Crippen molar-refractivity contribution in [2.75, 3.05) is 7.11 Å². The number of benzene rings is 3. The molecule has 0 unspecified atom stereocenters. The first-order valence-corrected chi connectivity index (χ1v) is 11.1. The number of non-ortho nitro benzene ring substituents is 1. The number of ether oxygens (including phenoxy) is 2. The van der Waals surface area contributed by atoms with Gasteiger partial charge >= 0.3 is 0 Å². The lowest BCUT2D eigenvalue weighted by atomic mass is 10.2. The zero-order valence-corrected chi connectivity index (χ0v) is 19.3. The molecule has 3 aromatic rings. The van der Waals surface area contributed by atoms with E-state index in [1.165, 1.54) is 31.0 Å². The van der Waals surface area contributed by atoms with Crippen LogP contribution in [-0.2, 0) is 11.4 Å². The van der Waals surface area contributed by atoms with Crippen LogP contribution in [0.15, 0.2) is 76.6 Å². The Morgan fingerprint density at radius 3 is 2.56 bits per heavy atom. The molecule has 172 valence electrons. The summed E-state index contributed by atoms with van der Waals surface area (Å²) in [5.41, 5.74) is 3.42. The lowest BCUT2D eigenvalue weighted by molar-refractivity contribution is -0.384. The summed E-state index contributed by atoms with van der Waals surface area (Å²) in [5.74, 6) is 0.816. The maximum atomic E-state index is 12.4. The van der Waals surface area contributed by atoms with Gasteiger partial charge in [0, 0.05) is 12.1 Å². The molecule has 0 bridgehead atoms. The highest BCUT2D eigenvalue weighted by atomic mass is 32.2. The summed E-state index contributed by atoms with van der Waals surface area (Å²) in [4.78, 5) is 27.8. The van der Waals surface area contributed by atoms with E-state index in [2.05, 4.69) is 10.3 Å². The fraction of sp³-hybridized carbons (Fsp3) is 0.120. The van der Waals surface area contributed by atoms with Gasteiger partial charge in [-0.15, -0.1) is 0 Å². The lowest BCUT2D eigenvalue weighted by Gasteiger charge is -2.11. The summed E-state index contributed by atoms with van der Waals surface area (Å²) in [5, 5.41) is 14.1. The summed E-state index contributed by atoms with van der Waals surface area (Å²) in [6, 6.07) is 19.2. The van der Waals surface area contributed by atoms with E-state index >= 15 is 0 Å². The van der Waals surface area contributed by atoms with Crippen molar-refractivity contribution in [2.24, 2.45) is 4.99 Å². The van der Waals surface area contributed by atoms with Crippen LogP contribution in [0.3, 0.4) is 0 Å². The van der Waals surface area contributed by atoms with Crippen LogP contribution >= 0.6 is 11.8 Å². The van der Waals surface area contributed by atoms with E-state index in [0.717, 1.165) is 22.4 Å². The monoisotopic (exact) mass is 475 g/mol. The average molecular weight is 476 g/mol. The number of carbonyl (C=O) groups is 1. The number of methoxy groups -OCH3 is 1. The van der Waals surface area contributed by atoms with Crippen LogP contribution in [0.2, 0.25) is 0 Å². The molecule has 1 aliphatic rings. The van der Waals surface area contributed by atoms with Gasteiger partial charge in [-0.05, 0) is 71.8 Å². The molecule has 0 saturated carbocycles. The maximum Gasteiger partial charge on any atom is 0.269 e. The van der Waals surface area contributed by atoms with Gasteiger partial charge in [0.25, 0.3) is 11.6 Å². The van der Waals surface area contributed by atoms with Gasteiger partial charge in [-0.25, -0.2) is 4.99 Å². The van der Waals surface area contributed by atoms with Crippen molar-refractivity contribution in [1.29, 1.82) is 0 Å². The number of aliphatic imine (C=N–C) groups is 1. The second-order valence-corrected chi connectivity index (χ2v) is 8.42. The molecule has 1 saturated heterocycles. The molecule has 0 radical (unpaired) electrons. The van der Waals surface area contributed by atoms with Gasteiger partial charge in [-0.3, -0.25) is 14.9 Å². The average Bonchev–Trinajstić information content (AvgIpc) is 3.18. The quantitative estimate of drug-likeness (QED) is 0.279. The summed E-state index contributed by atoms with van der Waals surface area (Å²) in [6.07, 6.45) is 1.77. The highest BCUT2D eigenvalue weighted by Crippen LogP contribution is 2.33. The van der Waals surface area contributed by atoms with Gasteiger partial charge in [0.1, 0.15) is 6.61 Å². The first-order chi connectivity index (χ1) is 16.4. The molecule has 1 aliphatic heterocycles. The first-order valence-electron chi connectivity index (χ1n) is 10.3. The van der Waals surface area contributed by atoms with Crippen LogP contribution in [0.25, 0.3) is 6.08 Å². The first kappa shape index (κ1) is 23.1. The number of amidine groups is 1. The van der Waals surface area contributed by atoms with Crippen molar-refractivity contribution in [1.82, 2.24) is 5.32 Å². The molecule has 0 atom stereocenters. The SMILES string of the molecule is COc1cc(/C=C2\SC(=Nc3ccccc3C)NC2=O)ccc1OCc1ccc([N+](=O)[O-])cc1. The molecule has 1 fully saturated rings. The summed E-state index contributed by atoms with van der Waals surface area (Å²) < 4.78 is 11.3. The number of nitrogens with zero attached hydrogens (tertiary/aromatic N) is 2. The minimum absolute atomic E-state index is 0.0274. The minimum Gasteiger partial charge on any atom is -0.493 e. The highest BCUT2D eigenvalue weighted by Gasteiger charge is 2.24. The molecule has 1 amide bonds. The molecular weight excluding hydrogens is 454 g/mol. The number of nitrogens with one attached hydrogen (secondary N) is 1. The zero-order chi connectivity index (χ0) is 24.1. The molecule has 1 N–H and O–H groups in total. The number of nitro groups is 1. The second kappa shape index (κ2) is 10.2. The number of amides is 1. The van der Waals surface area contributed by atoms with Crippen molar-refractivity contribution in [2.45, 2.75) is 13.5 Å². The van der Waals surface area contributed by atoms with Crippen LogP contribution in [0, 0.1) is 17.0 Å². The number of para-hydroxylation sites is 1. The Bertz CT molecular complexity index is 1300. The predicted molar refractivity (Wildman–Crippen MR) is 132 cm³/mol. The molecule has 0 aromatic heterocycles. The Labute approximate surface area is 200 Å². The van der Waals surface area contributed by atoms with E-state index in [4.69, 9.17) is 9.47 Å². The number of rotatable bonds is 7. The largest absolute Gasteiger partial charge is 0.493 e. The van der Waals surface area contributed by atoms with Crippen molar-refractivity contribution >= 4 is 40.3 Å². The zero-order valence-electron chi connectivity index (χ0n) is 18.5. The van der Waals surface area contributed by atoms with E-state index in [0.29, 0.717) is 21.6 Å². The highest BCUT2D eigenvalue weighted by molar-refractivity contribution is 8.18. The van der Waals surface area contributed by atoms with E-state index in [1.807, 2.05) is 37.3 Å². The number of carbonyl (C=O) groups excluding carboxylic acids is 1. The van der Waals surface area contributed by atoms with E-state index < -0.39 is 4.92 Å². The Hall–Kier alpha value is -4.11. The molecule has 1 heterocycles.